The van der Waals surface area contributed by atoms with Gasteiger partial charge in [-0.15, -0.1) is 0 Å². The summed E-state index contributed by atoms with van der Waals surface area (Å²) in [5, 5.41) is 0.947. The standard InChI is InChI=1S/C12H11NO2/c1-2-15-12(14)10-7-3-5-9-6-4-8-13-11(9)10/h3-8H,2H2,1H3. The molecule has 0 N–H and O–H groups in total. The minimum Gasteiger partial charge on any atom is -0.462 e. The Morgan fingerprint density at radius 1 is 1.33 bits per heavy atom. The molecule has 1 aromatic heterocycles. The van der Waals surface area contributed by atoms with Gasteiger partial charge in [-0.05, 0) is 19.1 Å². The predicted octanol–water partition coefficient (Wildman–Crippen LogP) is 2.41. The van der Waals surface area contributed by atoms with E-state index >= 15 is 0 Å². The molecule has 0 aliphatic heterocycles. The monoisotopic (exact) mass is 201 g/mol. The first-order valence-corrected chi connectivity index (χ1v) is 4.84. The van der Waals surface area contributed by atoms with Crippen molar-refractivity contribution in [2.75, 3.05) is 6.61 Å². The summed E-state index contributed by atoms with van der Waals surface area (Å²) in [4.78, 5) is 15.8. The van der Waals surface area contributed by atoms with Gasteiger partial charge in [0.05, 0.1) is 17.7 Å². The second-order valence-corrected chi connectivity index (χ2v) is 3.10. The number of para-hydroxylation sites is 1. The highest BCUT2D eigenvalue weighted by atomic mass is 16.5. The Hall–Kier alpha value is -1.90. The van der Waals surface area contributed by atoms with Crippen LogP contribution < -0.4 is 0 Å². The van der Waals surface area contributed by atoms with Gasteiger partial charge >= 0.3 is 5.97 Å². The first kappa shape index (κ1) is 9.65. The van der Waals surface area contributed by atoms with Crippen molar-refractivity contribution in [1.29, 1.82) is 0 Å². The van der Waals surface area contributed by atoms with E-state index in [2.05, 4.69) is 4.98 Å². The molecule has 0 atom stereocenters. The average Bonchev–Trinajstić information content (AvgIpc) is 2.28. The first-order valence-electron chi connectivity index (χ1n) is 4.84. The van der Waals surface area contributed by atoms with E-state index in [1.165, 1.54) is 0 Å². The fourth-order valence-electron chi connectivity index (χ4n) is 1.48. The molecule has 1 aromatic carbocycles. The summed E-state index contributed by atoms with van der Waals surface area (Å²) >= 11 is 0. The second-order valence-electron chi connectivity index (χ2n) is 3.10. The number of fused-ring (bicyclic) bond motifs is 1. The minimum atomic E-state index is -0.318. The number of carbonyl (C=O) groups is 1. The normalized spacial score (nSPS) is 10.2. The van der Waals surface area contributed by atoms with Gasteiger partial charge in [-0.25, -0.2) is 4.79 Å². The molecule has 0 bridgehead atoms. The molecule has 76 valence electrons. The Morgan fingerprint density at radius 2 is 2.13 bits per heavy atom. The zero-order valence-corrected chi connectivity index (χ0v) is 8.43. The van der Waals surface area contributed by atoms with E-state index in [0.29, 0.717) is 17.7 Å². The lowest BCUT2D eigenvalue weighted by Crippen LogP contribution is -2.05. The van der Waals surface area contributed by atoms with Gasteiger partial charge in [0.2, 0.25) is 0 Å². The number of rotatable bonds is 2. The van der Waals surface area contributed by atoms with Gasteiger partial charge in [-0.3, -0.25) is 4.98 Å². The molecule has 0 radical (unpaired) electrons. The van der Waals surface area contributed by atoms with Gasteiger partial charge in [0.25, 0.3) is 0 Å². The number of pyridine rings is 1. The van der Waals surface area contributed by atoms with E-state index in [9.17, 15) is 4.79 Å². The molecular formula is C12H11NO2. The van der Waals surface area contributed by atoms with Crippen molar-refractivity contribution in [2.24, 2.45) is 0 Å². The summed E-state index contributed by atoms with van der Waals surface area (Å²) < 4.78 is 4.96. The third-order valence-electron chi connectivity index (χ3n) is 2.13. The number of esters is 1. The van der Waals surface area contributed by atoms with Crippen LogP contribution in [0, 0.1) is 0 Å². The summed E-state index contributed by atoms with van der Waals surface area (Å²) in [6, 6.07) is 9.25. The second kappa shape index (κ2) is 4.09. The third kappa shape index (κ3) is 1.81. The largest absolute Gasteiger partial charge is 0.462 e. The lowest BCUT2D eigenvalue weighted by Gasteiger charge is -2.04. The smallest absolute Gasteiger partial charge is 0.340 e. The minimum absolute atomic E-state index is 0.318. The number of aromatic nitrogens is 1. The SMILES string of the molecule is CCOC(=O)c1cccc2cccnc12. The van der Waals surface area contributed by atoms with Crippen molar-refractivity contribution in [2.45, 2.75) is 6.92 Å². The summed E-state index contributed by atoms with van der Waals surface area (Å²) in [7, 11) is 0. The molecule has 15 heavy (non-hydrogen) atoms. The zero-order chi connectivity index (χ0) is 10.7. The number of carbonyl (C=O) groups excluding carboxylic acids is 1. The average molecular weight is 201 g/mol. The Balaban J connectivity index is 2.56. The van der Waals surface area contributed by atoms with Crippen LogP contribution in [-0.2, 0) is 4.74 Å². The quantitative estimate of drug-likeness (QED) is 0.700. The Labute approximate surface area is 87.7 Å². The summed E-state index contributed by atoms with van der Waals surface area (Å²) in [5.74, 6) is -0.318. The Kier molecular flexibility index (Phi) is 2.63. The number of nitrogens with zero attached hydrogens (tertiary/aromatic N) is 1. The maximum atomic E-state index is 11.6. The zero-order valence-electron chi connectivity index (χ0n) is 8.43. The Morgan fingerprint density at radius 3 is 2.93 bits per heavy atom. The maximum absolute atomic E-state index is 11.6. The molecule has 0 spiro atoms. The van der Waals surface area contributed by atoms with Crippen molar-refractivity contribution in [3.63, 3.8) is 0 Å². The van der Waals surface area contributed by atoms with Crippen molar-refractivity contribution >= 4 is 16.9 Å². The summed E-state index contributed by atoms with van der Waals surface area (Å²) in [6.07, 6.45) is 1.67. The van der Waals surface area contributed by atoms with Crippen molar-refractivity contribution < 1.29 is 9.53 Å². The lowest BCUT2D eigenvalue weighted by molar-refractivity contribution is 0.0528. The van der Waals surface area contributed by atoms with Crippen LogP contribution in [0.15, 0.2) is 36.5 Å². The van der Waals surface area contributed by atoms with Gasteiger partial charge in [0, 0.05) is 11.6 Å². The van der Waals surface area contributed by atoms with Crippen LogP contribution in [0.4, 0.5) is 0 Å². The van der Waals surface area contributed by atoms with Gasteiger partial charge in [-0.1, -0.05) is 18.2 Å². The molecule has 0 amide bonds. The van der Waals surface area contributed by atoms with Crippen LogP contribution >= 0.6 is 0 Å². The molecule has 1 heterocycles. The fourth-order valence-corrected chi connectivity index (χ4v) is 1.48. The molecule has 0 saturated heterocycles. The highest BCUT2D eigenvalue weighted by Crippen LogP contribution is 2.16. The molecule has 3 nitrogen and oxygen atoms in total. The van der Waals surface area contributed by atoms with Gasteiger partial charge < -0.3 is 4.74 Å². The molecule has 3 heteroatoms. The summed E-state index contributed by atoms with van der Waals surface area (Å²) in [6.45, 7) is 2.17. The van der Waals surface area contributed by atoms with Crippen LogP contribution in [0.2, 0.25) is 0 Å². The Bertz CT molecular complexity index is 488. The molecule has 0 aliphatic rings. The molecular weight excluding hydrogens is 190 g/mol. The van der Waals surface area contributed by atoms with Crippen LogP contribution in [0.5, 0.6) is 0 Å². The number of hydrogen-bond acceptors (Lipinski definition) is 3. The third-order valence-corrected chi connectivity index (χ3v) is 2.13. The van der Waals surface area contributed by atoms with E-state index in [1.807, 2.05) is 24.3 Å². The number of hydrogen-bond donors (Lipinski definition) is 0. The number of benzene rings is 1. The first-order chi connectivity index (χ1) is 7.33. The van der Waals surface area contributed by atoms with E-state index in [0.717, 1.165) is 5.39 Å². The van der Waals surface area contributed by atoms with E-state index < -0.39 is 0 Å². The molecule has 0 fully saturated rings. The van der Waals surface area contributed by atoms with E-state index in [-0.39, 0.29) is 5.97 Å². The molecule has 0 aliphatic carbocycles. The van der Waals surface area contributed by atoms with Crippen molar-refractivity contribution in [3.8, 4) is 0 Å². The van der Waals surface area contributed by atoms with Gasteiger partial charge in [0.15, 0.2) is 0 Å². The number of ether oxygens (including phenoxy) is 1. The van der Waals surface area contributed by atoms with Crippen LogP contribution in [0.1, 0.15) is 17.3 Å². The van der Waals surface area contributed by atoms with Crippen LogP contribution in [-0.4, -0.2) is 17.6 Å². The van der Waals surface area contributed by atoms with Crippen molar-refractivity contribution in [3.05, 3.63) is 42.1 Å². The van der Waals surface area contributed by atoms with Crippen LogP contribution in [0.3, 0.4) is 0 Å². The molecule has 2 aromatic rings. The molecule has 2 rings (SSSR count). The maximum Gasteiger partial charge on any atom is 0.340 e. The summed E-state index contributed by atoms with van der Waals surface area (Å²) in [5.41, 5.74) is 1.22. The van der Waals surface area contributed by atoms with Crippen molar-refractivity contribution in [1.82, 2.24) is 4.98 Å². The van der Waals surface area contributed by atoms with Gasteiger partial charge in [-0.2, -0.15) is 0 Å². The predicted molar refractivity (Wildman–Crippen MR) is 57.7 cm³/mol. The highest BCUT2D eigenvalue weighted by Gasteiger charge is 2.10. The van der Waals surface area contributed by atoms with Crippen LogP contribution in [0.25, 0.3) is 10.9 Å². The molecule has 0 saturated carbocycles. The lowest BCUT2D eigenvalue weighted by atomic mass is 10.1. The topological polar surface area (TPSA) is 39.2 Å². The fraction of sp³-hybridized carbons (Fsp3) is 0.167. The van der Waals surface area contributed by atoms with E-state index in [4.69, 9.17) is 4.74 Å². The molecule has 0 unspecified atom stereocenters. The van der Waals surface area contributed by atoms with Gasteiger partial charge in [0.1, 0.15) is 0 Å². The highest BCUT2D eigenvalue weighted by molar-refractivity contribution is 6.02. The van der Waals surface area contributed by atoms with E-state index in [1.54, 1.807) is 19.2 Å².